The number of allylic oxidation sites excluding steroid dienone is 1. The lowest BCUT2D eigenvalue weighted by Crippen LogP contribution is -2.52. The monoisotopic (exact) mass is 785 g/mol. The van der Waals surface area contributed by atoms with Crippen LogP contribution in [-0.2, 0) is 44.5 Å². The summed E-state index contributed by atoms with van der Waals surface area (Å²) in [7, 11) is 1.31. The van der Waals surface area contributed by atoms with Crippen LogP contribution in [-0.4, -0.2) is 146 Å². The molecule has 0 heterocycles. The number of aromatic hydroxyl groups is 2. The number of rotatable bonds is 22. The van der Waals surface area contributed by atoms with Gasteiger partial charge in [0, 0.05) is 49.0 Å². The van der Waals surface area contributed by atoms with E-state index in [1.54, 1.807) is 13.0 Å². The molecule has 0 aliphatic heterocycles. The predicted molar refractivity (Wildman–Crippen MR) is 194 cm³/mol. The van der Waals surface area contributed by atoms with E-state index in [0.29, 0.717) is 26.2 Å². The fraction of sp³-hybridized carbons (Fsp3) is 0.474. The molecule has 0 fully saturated rings. The number of aliphatic hydroxyl groups excluding tert-OH is 1. The van der Waals surface area contributed by atoms with Crippen LogP contribution in [0.5, 0.6) is 17.2 Å². The number of aliphatic hydroxyl groups is 2. The average molecular weight is 786 g/mol. The summed E-state index contributed by atoms with van der Waals surface area (Å²) in [5, 5.41) is 49.7. The Morgan fingerprint density at radius 3 is 2.11 bits per heavy atom. The zero-order valence-electron chi connectivity index (χ0n) is 31.2. The van der Waals surface area contributed by atoms with Crippen LogP contribution in [0.3, 0.4) is 0 Å². The summed E-state index contributed by atoms with van der Waals surface area (Å²) >= 11 is 0. The molecule has 18 heteroatoms. The Morgan fingerprint density at radius 2 is 1.48 bits per heavy atom. The largest absolute Gasteiger partial charge is 0.507 e. The number of phenolic OH excluding ortho intramolecular Hbond substituents is 2. The number of phenols is 2. The standard InChI is InChI=1S/C38H47N3O15/c1-3-5-28(45)41(22-42)11-13-54-15-17-56-19-18-55-16-14-53-12-8-27(44)39-9-10-40-37(50)38(51)20-24-29(25(43)21-38)35(48)32-31(34(24)47)33(46)23-6-4-7-26(52-2)30(23)36(32)49/h3-7,22,25,43,47-48,51H,8-21H2,1-2H3,(H,39,44)(H,40,50)/b5-3-. The molecule has 4 rings (SSSR count). The molecule has 56 heavy (non-hydrogen) atoms. The minimum Gasteiger partial charge on any atom is -0.507 e. The highest BCUT2D eigenvalue weighted by Gasteiger charge is 2.48. The van der Waals surface area contributed by atoms with Gasteiger partial charge in [-0.2, -0.15) is 0 Å². The molecule has 0 spiro atoms. The second-order valence-electron chi connectivity index (χ2n) is 12.8. The Labute approximate surface area is 322 Å². The van der Waals surface area contributed by atoms with Crippen LogP contribution >= 0.6 is 0 Å². The first-order valence-electron chi connectivity index (χ1n) is 17.9. The molecule has 0 saturated carbocycles. The summed E-state index contributed by atoms with van der Waals surface area (Å²) in [6, 6.07) is 4.32. The van der Waals surface area contributed by atoms with Crippen LogP contribution in [0.15, 0.2) is 30.4 Å². The number of amides is 4. The molecule has 0 saturated heterocycles. The Morgan fingerprint density at radius 1 is 0.875 bits per heavy atom. The molecule has 18 nitrogen and oxygen atoms in total. The molecular weight excluding hydrogens is 738 g/mol. The summed E-state index contributed by atoms with van der Waals surface area (Å²) in [4.78, 5) is 75.8. The smallest absolute Gasteiger partial charge is 0.252 e. The van der Waals surface area contributed by atoms with Crippen molar-refractivity contribution in [2.75, 3.05) is 79.6 Å². The Balaban J connectivity index is 1.11. The van der Waals surface area contributed by atoms with Gasteiger partial charge in [0.15, 0.2) is 5.78 Å². The fourth-order valence-electron chi connectivity index (χ4n) is 6.29. The summed E-state index contributed by atoms with van der Waals surface area (Å²) in [6.45, 7) is 3.75. The predicted octanol–water partition coefficient (Wildman–Crippen LogP) is -0.157. The van der Waals surface area contributed by atoms with Gasteiger partial charge < -0.3 is 54.7 Å². The van der Waals surface area contributed by atoms with E-state index < -0.39 is 70.6 Å². The third-order valence-electron chi connectivity index (χ3n) is 9.04. The Bertz CT molecular complexity index is 1810. The first-order chi connectivity index (χ1) is 26.9. The number of carbonyl (C=O) groups is 6. The molecule has 2 aliphatic rings. The number of imide groups is 1. The number of carbonyl (C=O) groups excluding carboxylic acids is 6. The van der Waals surface area contributed by atoms with Gasteiger partial charge in [0.1, 0.15) is 22.8 Å². The van der Waals surface area contributed by atoms with Gasteiger partial charge in [-0.3, -0.25) is 33.7 Å². The zero-order chi connectivity index (χ0) is 40.8. The van der Waals surface area contributed by atoms with Crippen molar-refractivity contribution in [2.24, 2.45) is 0 Å². The fourth-order valence-corrected chi connectivity index (χ4v) is 6.29. The molecule has 2 unspecified atom stereocenters. The van der Waals surface area contributed by atoms with Gasteiger partial charge in [0.2, 0.25) is 18.1 Å². The first kappa shape index (κ1) is 43.5. The third kappa shape index (κ3) is 10.3. The van der Waals surface area contributed by atoms with Crippen molar-refractivity contribution in [3.63, 3.8) is 0 Å². The van der Waals surface area contributed by atoms with Crippen molar-refractivity contribution < 1.29 is 72.9 Å². The van der Waals surface area contributed by atoms with Gasteiger partial charge >= 0.3 is 0 Å². The maximum Gasteiger partial charge on any atom is 0.252 e. The molecule has 4 amide bonds. The van der Waals surface area contributed by atoms with E-state index in [4.69, 9.17) is 23.7 Å². The lowest BCUT2D eigenvalue weighted by Gasteiger charge is -2.37. The molecule has 2 aromatic carbocycles. The van der Waals surface area contributed by atoms with E-state index >= 15 is 0 Å². The van der Waals surface area contributed by atoms with Gasteiger partial charge in [-0.15, -0.1) is 0 Å². The van der Waals surface area contributed by atoms with Crippen molar-refractivity contribution in [3.05, 3.63) is 63.7 Å². The quantitative estimate of drug-likeness (QED) is 0.0335. The highest BCUT2D eigenvalue weighted by atomic mass is 16.6. The van der Waals surface area contributed by atoms with E-state index in [-0.39, 0.29) is 93.0 Å². The number of ether oxygens (including phenoxy) is 5. The summed E-state index contributed by atoms with van der Waals surface area (Å²) in [5.74, 6) is -4.67. The maximum atomic E-state index is 13.5. The van der Waals surface area contributed by atoms with Crippen molar-refractivity contribution >= 4 is 35.7 Å². The molecule has 2 aliphatic carbocycles. The summed E-state index contributed by atoms with van der Waals surface area (Å²) < 4.78 is 26.7. The third-order valence-corrected chi connectivity index (χ3v) is 9.04. The minimum absolute atomic E-state index is 0.000392. The van der Waals surface area contributed by atoms with Crippen molar-refractivity contribution in [2.45, 2.75) is 37.9 Å². The molecular formula is C38H47N3O15. The average Bonchev–Trinajstić information content (AvgIpc) is 3.17. The van der Waals surface area contributed by atoms with Gasteiger partial charge in [0.25, 0.3) is 11.8 Å². The highest BCUT2D eigenvalue weighted by molar-refractivity contribution is 6.31. The number of hydrogen-bond acceptors (Lipinski definition) is 15. The molecule has 2 aromatic rings. The summed E-state index contributed by atoms with van der Waals surface area (Å²) in [6.07, 6.45) is 0.439. The number of nitrogens with zero attached hydrogens (tertiary/aromatic N) is 1. The number of nitrogens with one attached hydrogen (secondary N) is 2. The van der Waals surface area contributed by atoms with Crippen molar-refractivity contribution in [1.82, 2.24) is 15.5 Å². The minimum atomic E-state index is -2.27. The lowest BCUT2D eigenvalue weighted by molar-refractivity contribution is -0.144. The van der Waals surface area contributed by atoms with Crippen molar-refractivity contribution in [3.8, 4) is 17.2 Å². The molecule has 0 aromatic heterocycles. The number of methoxy groups -OCH3 is 1. The van der Waals surface area contributed by atoms with E-state index in [0.717, 1.165) is 4.90 Å². The topological polar surface area (TPSA) is 257 Å². The van der Waals surface area contributed by atoms with Crippen LogP contribution in [0.4, 0.5) is 0 Å². The van der Waals surface area contributed by atoms with Gasteiger partial charge in [-0.05, 0) is 19.1 Å². The number of ketones is 2. The molecule has 2 atom stereocenters. The van der Waals surface area contributed by atoms with Gasteiger partial charge in [0.05, 0.1) is 89.3 Å². The van der Waals surface area contributed by atoms with E-state index in [1.165, 1.54) is 31.4 Å². The van der Waals surface area contributed by atoms with Crippen LogP contribution < -0.4 is 15.4 Å². The van der Waals surface area contributed by atoms with Gasteiger partial charge in [-0.25, -0.2) is 0 Å². The van der Waals surface area contributed by atoms with Crippen LogP contribution in [0, 0.1) is 0 Å². The maximum absolute atomic E-state index is 13.5. The second-order valence-corrected chi connectivity index (χ2v) is 12.8. The molecule has 0 bridgehead atoms. The summed E-state index contributed by atoms with van der Waals surface area (Å²) in [5.41, 5.74) is -3.99. The molecule has 0 radical (unpaired) electrons. The molecule has 304 valence electrons. The highest BCUT2D eigenvalue weighted by Crippen LogP contribution is 2.50. The van der Waals surface area contributed by atoms with Gasteiger partial charge in [-0.1, -0.05) is 18.2 Å². The number of hydrogen-bond donors (Lipinski definition) is 6. The van der Waals surface area contributed by atoms with Crippen LogP contribution in [0.25, 0.3) is 0 Å². The Kier molecular flexibility index (Phi) is 16.0. The Hall–Kier alpha value is -5.24. The first-order valence-corrected chi connectivity index (χ1v) is 17.9. The van der Waals surface area contributed by atoms with E-state index in [1.807, 2.05) is 0 Å². The van der Waals surface area contributed by atoms with Crippen molar-refractivity contribution in [1.29, 1.82) is 0 Å². The van der Waals surface area contributed by atoms with Crippen LogP contribution in [0.2, 0.25) is 0 Å². The normalized spacial score (nSPS) is 17.2. The van der Waals surface area contributed by atoms with E-state index in [2.05, 4.69) is 10.6 Å². The second kappa shape index (κ2) is 20.6. The van der Waals surface area contributed by atoms with E-state index in [9.17, 15) is 49.2 Å². The SMILES string of the molecule is C/C=C\C(=O)N(C=O)CCOCCOCCOCCOCCC(=O)NCCNC(=O)C1(O)Cc2c(O)c3c(c(O)c2C(O)C1)C(=O)c1c(OC)cccc1C3=O. The number of benzene rings is 2. The zero-order valence-corrected chi connectivity index (χ0v) is 31.2. The number of fused-ring (bicyclic) bond motifs is 3. The lowest BCUT2D eigenvalue weighted by atomic mass is 9.72. The molecule has 6 N–H and O–H groups in total. The van der Waals surface area contributed by atoms with Crippen LogP contribution in [0.1, 0.15) is 68.8 Å².